The molecule has 1 saturated heterocycles. The van der Waals surface area contributed by atoms with E-state index in [-0.39, 0.29) is 5.91 Å². The second-order valence-corrected chi connectivity index (χ2v) is 11.8. The summed E-state index contributed by atoms with van der Waals surface area (Å²) in [5.41, 5.74) is 1.81. The molecule has 0 atom stereocenters. The molecule has 2 N–H and O–H groups in total. The van der Waals surface area contributed by atoms with Gasteiger partial charge in [0.2, 0.25) is 5.88 Å². The second kappa shape index (κ2) is 15.1. The number of hydrogen-bond donors (Lipinski definition) is 2. The predicted octanol–water partition coefficient (Wildman–Crippen LogP) is 4.06. The Morgan fingerprint density at radius 2 is 1.90 bits per heavy atom. The number of piperidine rings is 1. The number of nitrogens with zero attached hydrogens (tertiary/aromatic N) is 6. The minimum Gasteiger partial charge on any atom is -0.477 e. The molecule has 4 heterocycles. The van der Waals surface area contributed by atoms with Crippen LogP contribution in [0, 0.1) is 0 Å². The third-order valence-electron chi connectivity index (χ3n) is 6.41. The van der Waals surface area contributed by atoms with Crippen LogP contribution in [0.5, 0.6) is 5.88 Å². The number of aromatic nitrogens is 4. The molecule has 3 aromatic heterocycles. The van der Waals surface area contributed by atoms with Crippen molar-refractivity contribution in [1.82, 2.24) is 35.1 Å². The van der Waals surface area contributed by atoms with Crippen molar-refractivity contribution in [2.75, 3.05) is 51.6 Å². The molecule has 0 radical (unpaired) electrons. The zero-order valence-electron chi connectivity index (χ0n) is 22.9. The number of ether oxygens (including phenoxy) is 1. The van der Waals surface area contributed by atoms with Gasteiger partial charge in [0.25, 0.3) is 5.91 Å². The van der Waals surface area contributed by atoms with Gasteiger partial charge in [0.1, 0.15) is 5.69 Å². The van der Waals surface area contributed by atoms with Gasteiger partial charge >= 0.3 is 0 Å². The normalized spacial score (nSPS) is 15.9. The Hall–Kier alpha value is -2.80. The van der Waals surface area contributed by atoms with Gasteiger partial charge in [-0.1, -0.05) is 0 Å². The van der Waals surface area contributed by atoms with E-state index >= 15 is 0 Å². The molecule has 1 aliphatic heterocycles. The SMILES string of the molecule is CCOc1cncc(-c2cnc(C(=O)NCCN3CCC(N(C)C)CC3)s2)n1.c1cc(NSC2CC2)ccn1. The highest BCUT2D eigenvalue weighted by Gasteiger charge is 2.22. The quantitative estimate of drug-likeness (QED) is 0.328. The molecule has 1 amide bonds. The van der Waals surface area contributed by atoms with E-state index in [1.54, 1.807) is 31.0 Å². The van der Waals surface area contributed by atoms with Gasteiger partial charge in [0.15, 0.2) is 5.01 Å². The van der Waals surface area contributed by atoms with Crippen molar-refractivity contribution in [3.05, 3.63) is 48.1 Å². The van der Waals surface area contributed by atoms with E-state index in [0.29, 0.717) is 35.8 Å². The molecule has 0 unspecified atom stereocenters. The highest BCUT2D eigenvalue weighted by atomic mass is 32.2. The third-order valence-corrected chi connectivity index (χ3v) is 8.58. The summed E-state index contributed by atoms with van der Waals surface area (Å²) < 4.78 is 8.66. The summed E-state index contributed by atoms with van der Waals surface area (Å²) in [6, 6.07) is 4.63. The van der Waals surface area contributed by atoms with Crippen LogP contribution in [0.15, 0.2) is 43.1 Å². The maximum absolute atomic E-state index is 12.4. The van der Waals surface area contributed by atoms with E-state index in [9.17, 15) is 4.79 Å². The summed E-state index contributed by atoms with van der Waals surface area (Å²) in [4.78, 5) is 34.6. The van der Waals surface area contributed by atoms with Crippen molar-refractivity contribution < 1.29 is 9.53 Å². The molecule has 0 spiro atoms. The van der Waals surface area contributed by atoms with Gasteiger partial charge in [-0.05, 0) is 83.9 Å². The molecular weight excluding hydrogens is 532 g/mol. The molecule has 210 valence electrons. The Morgan fingerprint density at radius 1 is 1.13 bits per heavy atom. The first-order valence-corrected chi connectivity index (χ1v) is 15.1. The fourth-order valence-corrected chi connectivity index (χ4v) is 5.60. The lowest BCUT2D eigenvalue weighted by atomic mass is 10.0. The molecule has 5 rings (SSSR count). The lowest BCUT2D eigenvalue weighted by molar-refractivity contribution is 0.0940. The van der Waals surface area contributed by atoms with E-state index in [1.165, 1.54) is 37.0 Å². The fourth-order valence-electron chi connectivity index (χ4n) is 4.00. The lowest BCUT2D eigenvalue weighted by Crippen LogP contribution is -2.44. The number of likely N-dealkylation sites (tertiary alicyclic amines) is 1. The van der Waals surface area contributed by atoms with Gasteiger partial charge in [-0.3, -0.25) is 14.8 Å². The minimum atomic E-state index is -0.145. The van der Waals surface area contributed by atoms with E-state index in [1.807, 2.05) is 31.0 Å². The molecule has 2 aliphatic rings. The van der Waals surface area contributed by atoms with Crippen molar-refractivity contribution >= 4 is 34.9 Å². The Bertz CT molecular complexity index is 1150. The highest BCUT2D eigenvalue weighted by molar-refractivity contribution is 8.01. The van der Waals surface area contributed by atoms with Gasteiger partial charge in [0.05, 0.1) is 23.9 Å². The number of hydrogen-bond acceptors (Lipinski definition) is 11. The molecular formula is C27H38N8O2S2. The molecule has 3 aromatic rings. The lowest BCUT2D eigenvalue weighted by Gasteiger charge is -2.35. The van der Waals surface area contributed by atoms with Crippen LogP contribution in [0.4, 0.5) is 5.69 Å². The largest absolute Gasteiger partial charge is 0.477 e. The summed E-state index contributed by atoms with van der Waals surface area (Å²) in [6.45, 7) is 6.07. The van der Waals surface area contributed by atoms with Crippen molar-refractivity contribution in [2.45, 2.75) is 43.9 Å². The molecule has 2 fully saturated rings. The number of carbonyl (C=O) groups excluding carboxylic acids is 1. The smallest absolute Gasteiger partial charge is 0.280 e. The van der Waals surface area contributed by atoms with Gasteiger partial charge < -0.3 is 24.6 Å². The Balaban J connectivity index is 0.000000265. The molecule has 0 bridgehead atoms. The number of nitrogens with one attached hydrogen (secondary N) is 2. The first-order chi connectivity index (χ1) is 19.0. The topological polar surface area (TPSA) is 108 Å². The van der Waals surface area contributed by atoms with Crippen molar-refractivity contribution in [3.63, 3.8) is 0 Å². The fraction of sp³-hybridized carbons (Fsp3) is 0.519. The number of rotatable bonds is 11. The van der Waals surface area contributed by atoms with Crippen molar-refractivity contribution in [1.29, 1.82) is 0 Å². The maximum atomic E-state index is 12.4. The van der Waals surface area contributed by atoms with Crippen LogP contribution in [-0.4, -0.2) is 93.8 Å². The Morgan fingerprint density at radius 3 is 2.59 bits per heavy atom. The van der Waals surface area contributed by atoms with Gasteiger partial charge in [-0.25, -0.2) is 9.97 Å². The predicted molar refractivity (Wildman–Crippen MR) is 158 cm³/mol. The average molecular weight is 571 g/mol. The first-order valence-electron chi connectivity index (χ1n) is 13.4. The van der Waals surface area contributed by atoms with Crippen LogP contribution in [0.3, 0.4) is 0 Å². The monoisotopic (exact) mass is 570 g/mol. The van der Waals surface area contributed by atoms with Crippen molar-refractivity contribution in [2.24, 2.45) is 0 Å². The van der Waals surface area contributed by atoms with Crippen LogP contribution in [0.2, 0.25) is 0 Å². The van der Waals surface area contributed by atoms with Crippen LogP contribution in [0.1, 0.15) is 42.4 Å². The highest BCUT2D eigenvalue weighted by Crippen LogP contribution is 2.34. The summed E-state index contributed by atoms with van der Waals surface area (Å²) in [6.07, 6.45) is 13.6. The van der Waals surface area contributed by atoms with Gasteiger partial charge in [-0.2, -0.15) is 0 Å². The summed E-state index contributed by atoms with van der Waals surface area (Å²) in [5.74, 6) is 0.325. The second-order valence-electron chi connectivity index (χ2n) is 9.65. The average Bonchev–Trinajstić information content (AvgIpc) is 3.66. The van der Waals surface area contributed by atoms with Crippen molar-refractivity contribution in [3.8, 4) is 16.5 Å². The first kappa shape index (κ1) is 29.2. The third kappa shape index (κ3) is 9.71. The number of thiazole rings is 1. The number of anilines is 1. The Labute approximate surface area is 239 Å². The molecule has 10 nitrogen and oxygen atoms in total. The summed E-state index contributed by atoms with van der Waals surface area (Å²) >= 11 is 3.13. The zero-order chi connectivity index (χ0) is 27.5. The minimum absolute atomic E-state index is 0.145. The van der Waals surface area contributed by atoms with Crippen LogP contribution < -0.4 is 14.8 Å². The molecule has 1 saturated carbocycles. The van der Waals surface area contributed by atoms with E-state index in [0.717, 1.165) is 35.4 Å². The number of carbonyl (C=O) groups is 1. The summed E-state index contributed by atoms with van der Waals surface area (Å²) in [5, 5.41) is 4.26. The maximum Gasteiger partial charge on any atom is 0.280 e. The summed E-state index contributed by atoms with van der Waals surface area (Å²) in [7, 11) is 4.28. The molecule has 1 aliphatic carbocycles. The molecule has 0 aromatic carbocycles. The Kier molecular flexibility index (Phi) is 11.3. The van der Waals surface area contributed by atoms with Crippen LogP contribution >= 0.6 is 23.3 Å². The van der Waals surface area contributed by atoms with E-state index in [2.05, 4.69) is 53.9 Å². The number of pyridine rings is 1. The van der Waals surface area contributed by atoms with Crippen LogP contribution in [0.25, 0.3) is 10.6 Å². The van der Waals surface area contributed by atoms with E-state index < -0.39 is 0 Å². The standard InChI is InChI=1S/C19H28N6O2S.C8H10N2S/c1-4-27-17-13-20-11-15(23-17)16-12-22-19(28-16)18(26)21-7-10-25-8-5-14(6-9-25)24(2)3;1-2-8(1)11-10-7-3-5-9-6-4-7/h11-14H,4-10H2,1-3H3,(H,21,26);3-6,8H,1-2H2,(H,9,10). The van der Waals surface area contributed by atoms with Gasteiger partial charge in [0, 0.05) is 48.7 Å². The van der Waals surface area contributed by atoms with Gasteiger partial charge in [-0.15, -0.1) is 11.3 Å². The molecule has 12 heteroatoms. The zero-order valence-corrected chi connectivity index (χ0v) is 24.5. The van der Waals surface area contributed by atoms with E-state index in [4.69, 9.17) is 4.74 Å². The van der Waals surface area contributed by atoms with Crippen LogP contribution in [-0.2, 0) is 0 Å². The number of amides is 1. The molecule has 39 heavy (non-hydrogen) atoms.